The molecule has 1 aliphatic rings. The number of hydrogen-bond donors (Lipinski definition) is 1. The van der Waals surface area contributed by atoms with E-state index in [-0.39, 0.29) is 6.54 Å². The minimum atomic E-state index is -0.667. The monoisotopic (exact) mass is 407 g/mol. The van der Waals surface area contributed by atoms with Crippen LogP contribution in [-0.4, -0.2) is 35.1 Å². The van der Waals surface area contributed by atoms with Gasteiger partial charge in [-0.05, 0) is 51.5 Å². The van der Waals surface area contributed by atoms with Gasteiger partial charge >= 0.3 is 5.97 Å². The molecule has 0 unspecified atom stereocenters. The highest BCUT2D eigenvalue weighted by atomic mass is 16.4. The third-order valence-corrected chi connectivity index (χ3v) is 6.39. The first-order valence-corrected chi connectivity index (χ1v) is 12.8. The molecule has 1 fully saturated rings. The molecule has 1 rings (SSSR count). The average molecular weight is 408 g/mol. The van der Waals surface area contributed by atoms with Crippen molar-refractivity contribution in [2.45, 2.75) is 135 Å². The third kappa shape index (κ3) is 15.6. The van der Waals surface area contributed by atoms with Crippen molar-refractivity contribution in [3.8, 4) is 0 Å². The van der Waals surface area contributed by atoms with Crippen LogP contribution in [0.1, 0.15) is 129 Å². The lowest BCUT2D eigenvalue weighted by atomic mass is 9.94. The van der Waals surface area contributed by atoms with Crippen LogP contribution < -0.4 is 0 Å². The zero-order chi connectivity index (χ0) is 21.0. The fourth-order valence-corrected chi connectivity index (χ4v) is 4.57. The second kappa shape index (κ2) is 19.2. The third-order valence-electron chi connectivity index (χ3n) is 6.39. The van der Waals surface area contributed by atoms with Crippen molar-refractivity contribution in [1.29, 1.82) is 0 Å². The van der Waals surface area contributed by atoms with Crippen molar-refractivity contribution in [3.05, 3.63) is 12.2 Å². The normalized spacial score (nSPS) is 15.5. The molecule has 0 amide bonds. The van der Waals surface area contributed by atoms with Gasteiger partial charge in [0.05, 0.1) is 6.54 Å². The number of hydrogen-bond acceptors (Lipinski definition) is 2. The first-order chi connectivity index (χ1) is 14.2. The molecule has 0 aromatic rings. The molecule has 1 N–H and O–H groups in total. The van der Waals surface area contributed by atoms with Crippen molar-refractivity contribution >= 4 is 5.97 Å². The van der Waals surface area contributed by atoms with Crippen LogP contribution in [0, 0.1) is 0 Å². The van der Waals surface area contributed by atoms with E-state index in [2.05, 4.69) is 24.0 Å². The molecule has 0 aromatic heterocycles. The highest BCUT2D eigenvalue weighted by Crippen LogP contribution is 2.23. The van der Waals surface area contributed by atoms with Crippen LogP contribution in [0.15, 0.2) is 12.2 Å². The van der Waals surface area contributed by atoms with E-state index < -0.39 is 5.97 Å². The van der Waals surface area contributed by atoms with Gasteiger partial charge in [-0.15, -0.1) is 0 Å². The summed E-state index contributed by atoms with van der Waals surface area (Å²) >= 11 is 0. The van der Waals surface area contributed by atoms with E-state index in [1.165, 1.54) is 116 Å². The predicted octanol–water partition coefficient (Wildman–Crippen LogP) is 7.74. The fourth-order valence-electron chi connectivity index (χ4n) is 4.57. The Hall–Kier alpha value is -0.830. The Kier molecular flexibility index (Phi) is 17.3. The molecule has 29 heavy (non-hydrogen) atoms. The summed E-state index contributed by atoms with van der Waals surface area (Å²) in [6, 6.07) is 0.517. The Morgan fingerprint density at radius 2 is 1.31 bits per heavy atom. The molecule has 1 aliphatic carbocycles. The van der Waals surface area contributed by atoms with Crippen LogP contribution >= 0.6 is 0 Å². The van der Waals surface area contributed by atoms with Crippen molar-refractivity contribution in [3.63, 3.8) is 0 Å². The summed E-state index contributed by atoms with van der Waals surface area (Å²) in [6.07, 6.45) is 29.5. The molecule has 0 radical (unpaired) electrons. The van der Waals surface area contributed by atoms with Gasteiger partial charge in [-0.1, -0.05) is 96.1 Å². The summed E-state index contributed by atoms with van der Waals surface area (Å²) in [5, 5.41) is 9.20. The SMILES string of the molecule is CCCCCCCCC=CCCCCCCCCN(CC(=O)O)C1CCCCC1. The molecule has 0 aliphatic heterocycles. The van der Waals surface area contributed by atoms with E-state index in [1.807, 2.05) is 0 Å². The van der Waals surface area contributed by atoms with Crippen LogP contribution in [0.3, 0.4) is 0 Å². The van der Waals surface area contributed by atoms with Crippen LogP contribution in [0.5, 0.6) is 0 Å². The van der Waals surface area contributed by atoms with E-state index >= 15 is 0 Å². The number of allylic oxidation sites excluding steroid dienone is 2. The van der Waals surface area contributed by atoms with Gasteiger partial charge in [-0.2, -0.15) is 0 Å². The van der Waals surface area contributed by atoms with E-state index in [1.54, 1.807) is 0 Å². The van der Waals surface area contributed by atoms with E-state index in [4.69, 9.17) is 0 Å². The number of nitrogens with zero attached hydrogens (tertiary/aromatic N) is 1. The standard InChI is InChI=1S/C26H49NO2/c1-2-3-4-5-6-7-8-9-10-11-12-13-14-15-16-20-23-27(24-26(28)29)25-21-18-17-19-22-25/h9-10,25H,2-8,11-24H2,1H3,(H,28,29). The zero-order valence-electron chi connectivity index (χ0n) is 19.4. The highest BCUT2D eigenvalue weighted by molar-refractivity contribution is 5.69. The molecule has 0 bridgehead atoms. The summed E-state index contributed by atoms with van der Waals surface area (Å²) < 4.78 is 0. The summed E-state index contributed by atoms with van der Waals surface area (Å²) in [7, 11) is 0. The van der Waals surface area contributed by atoms with Crippen molar-refractivity contribution in [1.82, 2.24) is 4.90 Å². The molecule has 0 saturated heterocycles. The molecule has 0 atom stereocenters. The lowest BCUT2D eigenvalue weighted by Crippen LogP contribution is -2.40. The van der Waals surface area contributed by atoms with E-state index in [9.17, 15) is 9.90 Å². The minimum Gasteiger partial charge on any atom is -0.480 e. The Morgan fingerprint density at radius 3 is 1.86 bits per heavy atom. The first kappa shape index (κ1) is 26.2. The Labute approximate surface area is 181 Å². The maximum absolute atomic E-state index is 11.2. The van der Waals surface area contributed by atoms with Gasteiger partial charge in [0.25, 0.3) is 0 Å². The van der Waals surface area contributed by atoms with Crippen molar-refractivity contribution < 1.29 is 9.90 Å². The van der Waals surface area contributed by atoms with E-state index in [0.29, 0.717) is 6.04 Å². The Balaban J connectivity index is 1.92. The average Bonchev–Trinajstić information content (AvgIpc) is 2.73. The fraction of sp³-hybridized carbons (Fsp3) is 0.885. The minimum absolute atomic E-state index is 0.232. The molecule has 170 valence electrons. The molecule has 3 nitrogen and oxygen atoms in total. The maximum atomic E-state index is 11.2. The zero-order valence-corrected chi connectivity index (χ0v) is 19.4. The Morgan fingerprint density at radius 1 is 0.793 bits per heavy atom. The number of carboxylic acids is 1. The number of aliphatic carboxylic acids is 1. The lowest BCUT2D eigenvalue weighted by molar-refractivity contribution is -0.139. The van der Waals surface area contributed by atoms with E-state index in [0.717, 1.165) is 13.0 Å². The summed E-state index contributed by atoms with van der Waals surface area (Å²) in [6.45, 7) is 3.48. The van der Waals surface area contributed by atoms with Crippen LogP contribution in [0.25, 0.3) is 0 Å². The predicted molar refractivity (Wildman–Crippen MR) is 126 cm³/mol. The second-order valence-electron chi connectivity index (χ2n) is 9.09. The molecule has 1 saturated carbocycles. The highest BCUT2D eigenvalue weighted by Gasteiger charge is 2.22. The molecule has 0 aromatic carbocycles. The van der Waals surface area contributed by atoms with Gasteiger partial charge in [0.1, 0.15) is 0 Å². The second-order valence-corrected chi connectivity index (χ2v) is 9.09. The summed E-state index contributed by atoms with van der Waals surface area (Å²) in [4.78, 5) is 13.4. The van der Waals surface area contributed by atoms with Crippen LogP contribution in [0.4, 0.5) is 0 Å². The largest absolute Gasteiger partial charge is 0.480 e. The van der Waals surface area contributed by atoms with Gasteiger partial charge in [0, 0.05) is 6.04 Å². The van der Waals surface area contributed by atoms with Crippen LogP contribution in [-0.2, 0) is 4.79 Å². The molecule has 0 heterocycles. The number of rotatable bonds is 19. The summed E-state index contributed by atoms with van der Waals surface area (Å²) in [5.74, 6) is -0.667. The topological polar surface area (TPSA) is 40.5 Å². The molecular weight excluding hydrogens is 358 g/mol. The number of carboxylic acid groups (broad SMARTS) is 1. The number of carbonyl (C=O) groups is 1. The van der Waals surface area contributed by atoms with Gasteiger partial charge in [0.15, 0.2) is 0 Å². The van der Waals surface area contributed by atoms with Gasteiger partial charge in [0.2, 0.25) is 0 Å². The lowest BCUT2D eigenvalue weighted by Gasteiger charge is -2.33. The quantitative estimate of drug-likeness (QED) is 0.176. The first-order valence-electron chi connectivity index (χ1n) is 12.8. The van der Waals surface area contributed by atoms with Crippen molar-refractivity contribution in [2.75, 3.05) is 13.1 Å². The maximum Gasteiger partial charge on any atom is 0.317 e. The van der Waals surface area contributed by atoms with Crippen molar-refractivity contribution in [2.24, 2.45) is 0 Å². The van der Waals surface area contributed by atoms with Gasteiger partial charge in [-0.25, -0.2) is 0 Å². The van der Waals surface area contributed by atoms with Gasteiger partial charge < -0.3 is 5.11 Å². The summed E-state index contributed by atoms with van der Waals surface area (Å²) in [5.41, 5.74) is 0. The molecular formula is C26H49NO2. The molecule has 0 spiro atoms. The molecule has 3 heteroatoms. The smallest absolute Gasteiger partial charge is 0.317 e. The van der Waals surface area contributed by atoms with Gasteiger partial charge in [-0.3, -0.25) is 9.69 Å². The van der Waals surface area contributed by atoms with Crippen LogP contribution in [0.2, 0.25) is 0 Å². The Bertz CT molecular complexity index is 402. The number of unbranched alkanes of at least 4 members (excludes halogenated alkanes) is 12.